The summed E-state index contributed by atoms with van der Waals surface area (Å²) in [7, 11) is 1.61. The van der Waals surface area contributed by atoms with Gasteiger partial charge in [-0.15, -0.1) is 0 Å². The standard InChI is InChI=1S/C22H29N3O4/c1-25(21(27)20(26)19(23)15-17-9-4-2-5-10-17)14-8-13-24-22(28)29-16-18-11-6-3-7-12-18/h2-7,9-12,19-20,26H,8,13-16,23H2,1H3,(H,24,28). The number of carbonyl (C=O) groups excluding carboxylic acids is 2. The average molecular weight is 399 g/mol. The van der Waals surface area contributed by atoms with Crippen molar-refractivity contribution in [2.75, 3.05) is 20.1 Å². The minimum absolute atomic E-state index is 0.205. The minimum atomic E-state index is -1.27. The number of nitrogens with one attached hydrogen (secondary N) is 1. The quantitative estimate of drug-likeness (QED) is 0.528. The monoisotopic (exact) mass is 399 g/mol. The van der Waals surface area contributed by atoms with Crippen LogP contribution in [0.1, 0.15) is 17.5 Å². The molecule has 0 aromatic heterocycles. The molecule has 0 spiro atoms. The lowest BCUT2D eigenvalue weighted by Gasteiger charge is -2.24. The summed E-state index contributed by atoms with van der Waals surface area (Å²) in [5, 5.41) is 12.9. The van der Waals surface area contributed by atoms with Gasteiger partial charge >= 0.3 is 6.09 Å². The average Bonchev–Trinajstić information content (AvgIpc) is 2.75. The minimum Gasteiger partial charge on any atom is -0.445 e. The number of aliphatic hydroxyl groups excluding tert-OH is 1. The van der Waals surface area contributed by atoms with Gasteiger partial charge in [-0.05, 0) is 24.0 Å². The first-order chi connectivity index (χ1) is 14.0. The van der Waals surface area contributed by atoms with Gasteiger partial charge in [0.05, 0.1) is 0 Å². The van der Waals surface area contributed by atoms with Crippen LogP contribution in [-0.2, 0) is 22.6 Å². The van der Waals surface area contributed by atoms with Crippen LogP contribution in [0.25, 0.3) is 0 Å². The molecule has 7 heteroatoms. The third-order valence-electron chi connectivity index (χ3n) is 4.50. The van der Waals surface area contributed by atoms with E-state index in [-0.39, 0.29) is 6.61 Å². The van der Waals surface area contributed by atoms with E-state index in [4.69, 9.17) is 10.5 Å². The molecule has 156 valence electrons. The number of rotatable bonds is 10. The molecule has 0 bridgehead atoms. The van der Waals surface area contributed by atoms with Gasteiger partial charge in [0, 0.05) is 26.2 Å². The van der Waals surface area contributed by atoms with Crippen molar-refractivity contribution in [1.29, 1.82) is 0 Å². The van der Waals surface area contributed by atoms with E-state index in [1.165, 1.54) is 4.90 Å². The summed E-state index contributed by atoms with van der Waals surface area (Å²) >= 11 is 0. The second-order valence-electron chi connectivity index (χ2n) is 6.90. The number of ether oxygens (including phenoxy) is 1. The number of hydrogen-bond acceptors (Lipinski definition) is 5. The molecule has 2 rings (SSSR count). The molecular formula is C22H29N3O4. The Morgan fingerprint density at radius 1 is 1.07 bits per heavy atom. The highest BCUT2D eigenvalue weighted by Gasteiger charge is 2.25. The SMILES string of the molecule is CN(CCCNC(=O)OCc1ccccc1)C(=O)C(O)C(N)Cc1ccccc1. The maximum absolute atomic E-state index is 12.3. The molecule has 2 aromatic rings. The van der Waals surface area contributed by atoms with Crippen LogP contribution in [0, 0.1) is 0 Å². The van der Waals surface area contributed by atoms with Crippen molar-refractivity contribution in [3.8, 4) is 0 Å². The Bertz CT molecular complexity index is 755. The molecule has 0 radical (unpaired) electrons. The summed E-state index contributed by atoms with van der Waals surface area (Å²) in [6.45, 7) is 0.945. The Balaban J connectivity index is 1.64. The molecule has 2 amide bonds. The lowest BCUT2D eigenvalue weighted by molar-refractivity contribution is -0.139. The van der Waals surface area contributed by atoms with Crippen molar-refractivity contribution in [3.05, 3.63) is 71.8 Å². The molecule has 29 heavy (non-hydrogen) atoms. The molecule has 0 saturated carbocycles. The van der Waals surface area contributed by atoms with Crippen LogP contribution in [0.4, 0.5) is 4.79 Å². The summed E-state index contributed by atoms with van der Waals surface area (Å²) in [5.41, 5.74) is 7.87. The van der Waals surface area contributed by atoms with E-state index in [1.807, 2.05) is 60.7 Å². The fourth-order valence-electron chi connectivity index (χ4n) is 2.80. The van der Waals surface area contributed by atoms with Crippen LogP contribution in [0.5, 0.6) is 0 Å². The lowest BCUT2D eigenvalue weighted by Crippen LogP contribution is -2.48. The molecule has 2 atom stereocenters. The van der Waals surface area contributed by atoms with Gasteiger partial charge in [-0.1, -0.05) is 60.7 Å². The first-order valence-corrected chi connectivity index (χ1v) is 9.64. The molecule has 4 N–H and O–H groups in total. The van der Waals surface area contributed by atoms with Gasteiger partial charge in [-0.2, -0.15) is 0 Å². The molecule has 0 heterocycles. The van der Waals surface area contributed by atoms with E-state index in [2.05, 4.69) is 5.32 Å². The Hall–Kier alpha value is -2.90. The van der Waals surface area contributed by atoms with Gasteiger partial charge in [0.2, 0.25) is 0 Å². The van der Waals surface area contributed by atoms with Crippen LogP contribution in [0.2, 0.25) is 0 Å². The highest BCUT2D eigenvalue weighted by molar-refractivity contribution is 5.81. The van der Waals surface area contributed by atoms with Crippen LogP contribution >= 0.6 is 0 Å². The zero-order chi connectivity index (χ0) is 21.1. The van der Waals surface area contributed by atoms with Crippen LogP contribution in [0.3, 0.4) is 0 Å². The Kier molecular flexibility index (Phi) is 9.14. The second-order valence-corrected chi connectivity index (χ2v) is 6.90. The van der Waals surface area contributed by atoms with Crippen LogP contribution < -0.4 is 11.1 Å². The smallest absolute Gasteiger partial charge is 0.407 e. The number of nitrogens with zero attached hydrogens (tertiary/aromatic N) is 1. The first kappa shape index (κ1) is 22.4. The summed E-state index contributed by atoms with van der Waals surface area (Å²) in [6.07, 6.45) is -0.837. The summed E-state index contributed by atoms with van der Waals surface area (Å²) in [4.78, 5) is 25.5. The van der Waals surface area contributed by atoms with Gasteiger partial charge in [0.25, 0.3) is 5.91 Å². The molecular weight excluding hydrogens is 370 g/mol. The number of alkyl carbamates (subject to hydrolysis) is 1. The van der Waals surface area contributed by atoms with Crippen molar-refractivity contribution >= 4 is 12.0 Å². The maximum atomic E-state index is 12.3. The summed E-state index contributed by atoms with van der Waals surface area (Å²) in [6, 6.07) is 18.2. The van der Waals surface area contributed by atoms with Crippen molar-refractivity contribution in [1.82, 2.24) is 10.2 Å². The Labute approximate surface area is 171 Å². The number of aliphatic hydroxyl groups is 1. The molecule has 0 fully saturated rings. The van der Waals surface area contributed by atoms with E-state index in [0.29, 0.717) is 25.9 Å². The normalized spacial score (nSPS) is 12.7. The molecule has 2 aromatic carbocycles. The second kappa shape index (κ2) is 11.8. The first-order valence-electron chi connectivity index (χ1n) is 9.64. The predicted octanol–water partition coefficient (Wildman–Crippen LogP) is 1.69. The highest BCUT2D eigenvalue weighted by Crippen LogP contribution is 2.07. The largest absolute Gasteiger partial charge is 0.445 e. The maximum Gasteiger partial charge on any atom is 0.407 e. The highest BCUT2D eigenvalue weighted by atomic mass is 16.5. The molecule has 0 aliphatic heterocycles. The van der Waals surface area contributed by atoms with Crippen molar-refractivity contribution in [2.24, 2.45) is 5.73 Å². The third kappa shape index (κ3) is 7.93. The predicted molar refractivity (Wildman–Crippen MR) is 111 cm³/mol. The zero-order valence-electron chi connectivity index (χ0n) is 16.7. The van der Waals surface area contributed by atoms with Crippen molar-refractivity contribution in [3.63, 3.8) is 0 Å². The van der Waals surface area contributed by atoms with E-state index in [9.17, 15) is 14.7 Å². The molecule has 0 aliphatic rings. The topological polar surface area (TPSA) is 105 Å². The van der Waals surface area contributed by atoms with Crippen LogP contribution in [-0.4, -0.2) is 54.3 Å². The van der Waals surface area contributed by atoms with E-state index in [1.54, 1.807) is 7.05 Å². The molecule has 0 aliphatic carbocycles. The Morgan fingerprint density at radius 2 is 1.66 bits per heavy atom. The number of hydrogen-bond donors (Lipinski definition) is 3. The zero-order valence-corrected chi connectivity index (χ0v) is 16.7. The molecule has 0 saturated heterocycles. The number of amides is 2. The van der Waals surface area contributed by atoms with E-state index < -0.39 is 24.1 Å². The van der Waals surface area contributed by atoms with Crippen molar-refractivity contribution in [2.45, 2.75) is 31.6 Å². The van der Waals surface area contributed by atoms with Gasteiger partial charge in [0.1, 0.15) is 12.7 Å². The molecule has 2 unspecified atom stereocenters. The number of carbonyl (C=O) groups is 2. The Morgan fingerprint density at radius 3 is 2.28 bits per heavy atom. The summed E-state index contributed by atoms with van der Waals surface area (Å²) in [5.74, 6) is -0.430. The van der Waals surface area contributed by atoms with Crippen molar-refractivity contribution < 1.29 is 19.4 Å². The van der Waals surface area contributed by atoms with Crippen LogP contribution in [0.15, 0.2) is 60.7 Å². The number of nitrogens with two attached hydrogens (primary N) is 1. The fourth-order valence-corrected chi connectivity index (χ4v) is 2.80. The van der Waals surface area contributed by atoms with Gasteiger partial charge in [-0.3, -0.25) is 4.79 Å². The summed E-state index contributed by atoms with van der Waals surface area (Å²) < 4.78 is 5.12. The van der Waals surface area contributed by atoms with Gasteiger partial charge < -0.3 is 25.8 Å². The number of benzene rings is 2. The van der Waals surface area contributed by atoms with E-state index >= 15 is 0 Å². The molecule has 7 nitrogen and oxygen atoms in total. The van der Waals surface area contributed by atoms with Gasteiger partial charge in [-0.25, -0.2) is 4.79 Å². The third-order valence-corrected chi connectivity index (χ3v) is 4.50. The van der Waals surface area contributed by atoms with Gasteiger partial charge in [0.15, 0.2) is 0 Å². The van der Waals surface area contributed by atoms with E-state index in [0.717, 1.165) is 11.1 Å². The number of likely N-dealkylation sites (N-methyl/N-ethyl adjacent to an activating group) is 1. The fraction of sp³-hybridized carbons (Fsp3) is 0.364. The lowest BCUT2D eigenvalue weighted by atomic mass is 10.0.